The molecular formula is C18H17ClN4O4S2. The van der Waals surface area contributed by atoms with Crippen LogP contribution in [0.1, 0.15) is 0 Å². The second-order valence-electron chi connectivity index (χ2n) is 5.90. The molecule has 1 N–H and O–H groups in total. The molecule has 29 heavy (non-hydrogen) atoms. The molecule has 0 aliphatic rings. The predicted octanol–water partition coefficient (Wildman–Crippen LogP) is 3.13. The van der Waals surface area contributed by atoms with Gasteiger partial charge in [0.2, 0.25) is 21.1 Å². The van der Waals surface area contributed by atoms with Gasteiger partial charge in [0.05, 0.1) is 18.6 Å². The summed E-state index contributed by atoms with van der Waals surface area (Å²) in [5.74, 6) is 0.194. The van der Waals surface area contributed by atoms with Gasteiger partial charge in [-0.25, -0.2) is 8.42 Å². The monoisotopic (exact) mass is 452 g/mol. The first-order valence-corrected chi connectivity index (χ1v) is 10.9. The number of carbonyl (C=O) groups excluding carboxylic acids is 1. The van der Waals surface area contributed by atoms with E-state index < -0.39 is 15.9 Å². The Morgan fingerprint density at radius 2 is 1.79 bits per heavy atom. The molecule has 11 heteroatoms. The van der Waals surface area contributed by atoms with Crippen molar-refractivity contribution in [2.75, 3.05) is 26.0 Å². The minimum atomic E-state index is -3.82. The van der Waals surface area contributed by atoms with Crippen LogP contribution in [0.4, 0.5) is 5.13 Å². The highest BCUT2D eigenvalue weighted by atomic mass is 35.5. The summed E-state index contributed by atoms with van der Waals surface area (Å²) in [5.41, 5.74) is 0.825. The Morgan fingerprint density at radius 3 is 2.41 bits per heavy atom. The van der Waals surface area contributed by atoms with Crippen molar-refractivity contribution in [1.29, 1.82) is 0 Å². The number of hydrogen-bond acceptors (Lipinski definition) is 7. The maximum Gasteiger partial charge on any atom is 0.243 e. The van der Waals surface area contributed by atoms with Gasteiger partial charge in [0.25, 0.3) is 0 Å². The molecule has 1 aromatic heterocycles. The zero-order chi connectivity index (χ0) is 21.0. The molecular weight excluding hydrogens is 436 g/mol. The molecule has 3 aromatic rings. The number of likely N-dealkylation sites (N-methyl/N-ethyl adjacent to an activating group) is 1. The van der Waals surface area contributed by atoms with Crippen LogP contribution in [0.3, 0.4) is 0 Å². The third kappa shape index (κ3) is 5.10. The fourth-order valence-electron chi connectivity index (χ4n) is 2.36. The molecule has 2 aromatic carbocycles. The smallest absolute Gasteiger partial charge is 0.243 e. The van der Waals surface area contributed by atoms with Crippen LogP contribution in [0.15, 0.2) is 53.4 Å². The number of carbonyl (C=O) groups is 1. The van der Waals surface area contributed by atoms with Crippen molar-refractivity contribution in [2.24, 2.45) is 0 Å². The molecule has 0 unspecified atom stereocenters. The van der Waals surface area contributed by atoms with Gasteiger partial charge in [-0.3, -0.25) is 10.1 Å². The second kappa shape index (κ2) is 8.87. The highest BCUT2D eigenvalue weighted by Crippen LogP contribution is 2.27. The molecule has 1 heterocycles. The van der Waals surface area contributed by atoms with Crippen LogP contribution in [0.2, 0.25) is 5.02 Å². The van der Waals surface area contributed by atoms with Crippen molar-refractivity contribution >= 4 is 44.0 Å². The number of nitrogens with zero attached hydrogens (tertiary/aromatic N) is 3. The van der Waals surface area contributed by atoms with Gasteiger partial charge in [-0.05, 0) is 48.5 Å². The molecule has 0 spiro atoms. The predicted molar refractivity (Wildman–Crippen MR) is 112 cm³/mol. The van der Waals surface area contributed by atoms with Crippen LogP contribution in [0.5, 0.6) is 5.75 Å². The van der Waals surface area contributed by atoms with Crippen LogP contribution < -0.4 is 10.1 Å². The van der Waals surface area contributed by atoms with Gasteiger partial charge in [-0.2, -0.15) is 4.31 Å². The lowest BCUT2D eigenvalue weighted by molar-refractivity contribution is -0.116. The minimum absolute atomic E-state index is 0.0508. The third-order valence-corrected chi connectivity index (χ3v) is 6.85. The molecule has 0 aliphatic heterocycles. The van der Waals surface area contributed by atoms with Gasteiger partial charge in [0, 0.05) is 17.6 Å². The molecule has 1 amide bonds. The maximum absolute atomic E-state index is 12.5. The normalized spacial score (nSPS) is 11.4. The van der Waals surface area contributed by atoms with E-state index in [1.54, 1.807) is 19.2 Å². The van der Waals surface area contributed by atoms with Crippen molar-refractivity contribution in [3.63, 3.8) is 0 Å². The number of benzene rings is 2. The number of methoxy groups -OCH3 is 1. The summed E-state index contributed by atoms with van der Waals surface area (Å²) in [5, 5.41) is 11.9. The Labute approximate surface area is 177 Å². The van der Waals surface area contributed by atoms with E-state index in [1.807, 2.05) is 12.1 Å². The first kappa shape index (κ1) is 21.2. The number of anilines is 1. The number of ether oxygens (including phenoxy) is 1. The van der Waals surface area contributed by atoms with Crippen LogP contribution in [0.25, 0.3) is 10.6 Å². The zero-order valence-electron chi connectivity index (χ0n) is 15.5. The third-order valence-electron chi connectivity index (χ3n) is 3.90. The van der Waals surface area contributed by atoms with Crippen LogP contribution in [-0.2, 0) is 14.8 Å². The van der Waals surface area contributed by atoms with Gasteiger partial charge in [0.1, 0.15) is 10.8 Å². The van der Waals surface area contributed by atoms with Gasteiger partial charge < -0.3 is 4.74 Å². The van der Waals surface area contributed by atoms with Crippen molar-refractivity contribution < 1.29 is 17.9 Å². The van der Waals surface area contributed by atoms with E-state index in [-0.39, 0.29) is 16.6 Å². The lowest BCUT2D eigenvalue weighted by Crippen LogP contribution is -2.34. The van der Waals surface area contributed by atoms with E-state index in [1.165, 1.54) is 42.6 Å². The lowest BCUT2D eigenvalue weighted by Gasteiger charge is -2.16. The molecule has 152 valence electrons. The Morgan fingerprint density at radius 1 is 1.14 bits per heavy atom. The summed E-state index contributed by atoms with van der Waals surface area (Å²) >= 11 is 6.97. The van der Waals surface area contributed by atoms with Crippen LogP contribution >= 0.6 is 22.9 Å². The average molecular weight is 453 g/mol. The molecule has 8 nitrogen and oxygen atoms in total. The lowest BCUT2D eigenvalue weighted by atomic mass is 10.2. The molecule has 3 rings (SSSR count). The summed E-state index contributed by atoms with van der Waals surface area (Å²) < 4.78 is 31.2. The van der Waals surface area contributed by atoms with Crippen LogP contribution in [0, 0.1) is 0 Å². The molecule has 0 saturated carbocycles. The van der Waals surface area contributed by atoms with Gasteiger partial charge in [-0.1, -0.05) is 22.9 Å². The number of aromatic nitrogens is 2. The van der Waals surface area contributed by atoms with E-state index in [2.05, 4.69) is 15.5 Å². The highest BCUT2D eigenvalue weighted by Gasteiger charge is 2.23. The largest absolute Gasteiger partial charge is 0.497 e. The number of hydrogen-bond donors (Lipinski definition) is 1. The average Bonchev–Trinajstić information content (AvgIpc) is 3.16. The molecule has 0 radical (unpaired) electrons. The second-order valence-corrected chi connectivity index (χ2v) is 9.36. The van der Waals surface area contributed by atoms with E-state index in [4.69, 9.17) is 16.3 Å². The van der Waals surface area contributed by atoms with E-state index in [0.29, 0.717) is 10.0 Å². The minimum Gasteiger partial charge on any atom is -0.497 e. The fraction of sp³-hybridized carbons (Fsp3) is 0.167. The fourth-order valence-corrected chi connectivity index (χ4v) is 4.37. The maximum atomic E-state index is 12.5. The number of rotatable bonds is 7. The summed E-state index contributed by atoms with van der Waals surface area (Å²) in [6, 6.07) is 13.0. The van der Waals surface area contributed by atoms with Crippen LogP contribution in [-0.4, -0.2) is 49.5 Å². The van der Waals surface area contributed by atoms with E-state index >= 15 is 0 Å². The number of sulfonamides is 1. The van der Waals surface area contributed by atoms with Crippen molar-refractivity contribution in [1.82, 2.24) is 14.5 Å². The summed E-state index contributed by atoms with van der Waals surface area (Å²) in [7, 11) is -0.911. The van der Waals surface area contributed by atoms with Gasteiger partial charge in [-0.15, -0.1) is 10.2 Å². The number of halogens is 1. The molecule has 0 bridgehead atoms. The van der Waals surface area contributed by atoms with E-state index in [9.17, 15) is 13.2 Å². The van der Waals surface area contributed by atoms with Crippen molar-refractivity contribution in [3.05, 3.63) is 53.6 Å². The molecule has 0 saturated heterocycles. The van der Waals surface area contributed by atoms with E-state index in [0.717, 1.165) is 15.6 Å². The van der Waals surface area contributed by atoms with Crippen molar-refractivity contribution in [2.45, 2.75) is 4.90 Å². The summed E-state index contributed by atoms with van der Waals surface area (Å²) in [6.07, 6.45) is 0. The molecule has 0 aliphatic carbocycles. The topological polar surface area (TPSA) is 101 Å². The Kier molecular flexibility index (Phi) is 6.48. The first-order chi connectivity index (χ1) is 13.8. The zero-order valence-corrected chi connectivity index (χ0v) is 17.9. The SMILES string of the molecule is COc1ccc(-c2nnc(NC(=O)CN(C)S(=O)(=O)c3ccc(Cl)cc3)s2)cc1. The standard InChI is InChI=1S/C18H17ClN4O4S2/c1-23(29(25,26)15-9-5-13(19)6-10-15)11-16(24)20-18-22-21-17(28-18)12-3-7-14(27-2)8-4-12/h3-10H,11H2,1-2H3,(H,20,22,24). The quantitative estimate of drug-likeness (QED) is 0.591. The van der Waals surface area contributed by atoms with Gasteiger partial charge in [0.15, 0.2) is 0 Å². The highest BCUT2D eigenvalue weighted by molar-refractivity contribution is 7.89. The number of amides is 1. The summed E-state index contributed by atoms with van der Waals surface area (Å²) in [6.45, 7) is -0.373. The van der Waals surface area contributed by atoms with Crippen molar-refractivity contribution in [3.8, 4) is 16.3 Å². The Hall–Kier alpha value is -2.53. The van der Waals surface area contributed by atoms with Gasteiger partial charge >= 0.3 is 0 Å². The Balaban J connectivity index is 1.64. The summed E-state index contributed by atoms with van der Waals surface area (Å²) in [4.78, 5) is 12.3. The number of nitrogens with one attached hydrogen (secondary N) is 1. The molecule has 0 fully saturated rings. The first-order valence-electron chi connectivity index (χ1n) is 8.29. The molecule has 0 atom stereocenters. The Bertz CT molecular complexity index is 1100.